The molecule has 0 aliphatic heterocycles. The van der Waals surface area contributed by atoms with Crippen molar-refractivity contribution in [2.75, 3.05) is 5.32 Å². The molecule has 2 aliphatic carbocycles. The molecule has 3 heteroatoms. The number of hydrogen-bond donors (Lipinski definition) is 1. The molecule has 2 saturated carbocycles. The summed E-state index contributed by atoms with van der Waals surface area (Å²) in [7, 11) is 0. The lowest BCUT2D eigenvalue weighted by Crippen LogP contribution is -2.49. The molecule has 1 unspecified atom stereocenters. The molecule has 0 amide bonds. The van der Waals surface area contributed by atoms with Crippen LogP contribution in [-0.2, 0) is 11.3 Å². The third kappa shape index (κ3) is 9.16. The second-order valence-corrected chi connectivity index (χ2v) is 17.7. The normalized spacial score (nSPS) is 16.5. The Hall–Kier alpha value is -3.30. The van der Waals surface area contributed by atoms with Crippen molar-refractivity contribution in [2.24, 2.45) is 5.92 Å². The fourth-order valence-electron chi connectivity index (χ4n) is 9.74. The van der Waals surface area contributed by atoms with Gasteiger partial charge in [-0.3, -0.25) is 0 Å². The van der Waals surface area contributed by atoms with Crippen LogP contribution in [0.4, 0.5) is 5.69 Å². The fourth-order valence-corrected chi connectivity index (χ4v) is 9.74. The Morgan fingerprint density at radius 1 is 0.528 bits per heavy atom. The highest BCUT2D eigenvalue weighted by atomic mass is 16.4. The van der Waals surface area contributed by atoms with Gasteiger partial charge in [-0.25, -0.2) is 0 Å². The van der Waals surface area contributed by atoms with Crippen molar-refractivity contribution >= 4 is 12.6 Å². The minimum absolute atomic E-state index is 0.148. The van der Waals surface area contributed by atoms with Crippen LogP contribution in [0.5, 0.6) is 0 Å². The first-order chi connectivity index (χ1) is 25.7. The minimum Gasteiger partial charge on any atom is -0.429 e. The summed E-state index contributed by atoms with van der Waals surface area (Å²) in [5.41, 5.74) is 13.9. The summed E-state index contributed by atoms with van der Waals surface area (Å²) < 4.78 is 7.33. The minimum atomic E-state index is 0.148. The Balaban J connectivity index is 1.62. The van der Waals surface area contributed by atoms with Gasteiger partial charge in [0.2, 0.25) is 0 Å². The van der Waals surface area contributed by atoms with E-state index in [0.29, 0.717) is 42.0 Å². The second-order valence-electron chi connectivity index (χ2n) is 17.7. The summed E-state index contributed by atoms with van der Waals surface area (Å²) in [6, 6.07) is 32.2. The number of benzene rings is 4. The lowest BCUT2D eigenvalue weighted by molar-refractivity contribution is 0.261. The molecule has 53 heavy (non-hydrogen) atoms. The number of rotatable bonds is 14. The topological polar surface area (TPSA) is 21.3 Å². The van der Waals surface area contributed by atoms with E-state index in [9.17, 15) is 0 Å². The van der Waals surface area contributed by atoms with E-state index in [1.54, 1.807) is 0 Å². The molecule has 0 saturated heterocycles. The highest BCUT2D eigenvalue weighted by molar-refractivity contribution is 6.56. The summed E-state index contributed by atoms with van der Waals surface area (Å²) >= 11 is 0. The van der Waals surface area contributed by atoms with Crippen LogP contribution in [0, 0.1) is 5.92 Å². The third-order valence-corrected chi connectivity index (χ3v) is 12.6. The zero-order chi connectivity index (χ0) is 37.5. The summed E-state index contributed by atoms with van der Waals surface area (Å²) in [6.45, 7) is 19.8. The van der Waals surface area contributed by atoms with Gasteiger partial charge in [-0.1, -0.05) is 192 Å². The van der Waals surface area contributed by atoms with Gasteiger partial charge in [-0.15, -0.1) is 0 Å². The van der Waals surface area contributed by atoms with Gasteiger partial charge in [0.1, 0.15) is 0 Å². The van der Waals surface area contributed by atoms with Crippen LogP contribution in [0.15, 0.2) is 84.9 Å². The molecule has 6 rings (SSSR count). The molecule has 2 fully saturated rings. The lowest BCUT2D eigenvalue weighted by Gasteiger charge is -2.40. The average molecular weight is 710 g/mol. The molecule has 2 aliphatic rings. The molecule has 4 aromatic carbocycles. The second kappa shape index (κ2) is 18.4. The number of para-hydroxylation sites is 1. The Kier molecular flexibility index (Phi) is 13.6. The van der Waals surface area contributed by atoms with Crippen LogP contribution in [0.25, 0.3) is 22.3 Å². The maximum atomic E-state index is 7.33. The molecule has 2 nitrogen and oxygen atoms in total. The Morgan fingerprint density at radius 2 is 0.962 bits per heavy atom. The molecule has 0 heterocycles. The van der Waals surface area contributed by atoms with Crippen molar-refractivity contribution in [3.05, 3.63) is 113 Å². The SMILES string of the molecule is CC(C)c1cccc(C(C)C)c1-c1cccc(-c2c(C(C)C)cccc2C(C)C)c1NC(B(OCc1ccccc1)C1CCCCC1)C1CCCCC1. The van der Waals surface area contributed by atoms with Crippen molar-refractivity contribution in [3.8, 4) is 22.3 Å². The Bertz CT molecular complexity index is 1610. The number of hydrogen-bond acceptors (Lipinski definition) is 2. The van der Waals surface area contributed by atoms with Gasteiger partial charge in [-0.05, 0) is 87.2 Å². The average Bonchev–Trinajstić information content (AvgIpc) is 3.18. The van der Waals surface area contributed by atoms with Gasteiger partial charge >= 0.3 is 6.92 Å². The summed E-state index contributed by atoms with van der Waals surface area (Å²) in [4.78, 5) is 0. The highest BCUT2D eigenvalue weighted by Crippen LogP contribution is 2.48. The van der Waals surface area contributed by atoms with Crippen LogP contribution in [0.1, 0.15) is 171 Å². The zero-order valence-electron chi connectivity index (χ0n) is 34.4. The highest BCUT2D eigenvalue weighted by Gasteiger charge is 2.42. The molecule has 0 bridgehead atoms. The number of nitrogens with one attached hydrogen (secondary N) is 1. The van der Waals surface area contributed by atoms with Gasteiger partial charge in [-0.2, -0.15) is 0 Å². The fraction of sp³-hybridized carbons (Fsp3) is 0.520. The quantitative estimate of drug-likeness (QED) is 0.132. The van der Waals surface area contributed by atoms with Crippen molar-refractivity contribution in [1.82, 2.24) is 0 Å². The van der Waals surface area contributed by atoms with Gasteiger partial charge in [0.25, 0.3) is 0 Å². The molecule has 1 atom stereocenters. The Morgan fingerprint density at radius 3 is 1.42 bits per heavy atom. The molecule has 4 aromatic rings. The molecule has 0 spiro atoms. The van der Waals surface area contributed by atoms with Gasteiger partial charge in [0.05, 0.1) is 6.61 Å². The summed E-state index contributed by atoms with van der Waals surface area (Å²) in [5.74, 6) is 3.00. The van der Waals surface area contributed by atoms with Crippen LogP contribution >= 0.6 is 0 Å². The van der Waals surface area contributed by atoms with Gasteiger partial charge in [0.15, 0.2) is 0 Å². The molecular formula is C50H68BNO. The molecule has 1 N–H and O–H groups in total. The monoisotopic (exact) mass is 710 g/mol. The predicted octanol–water partition coefficient (Wildman–Crippen LogP) is 15.0. The first-order valence-corrected chi connectivity index (χ1v) is 21.5. The number of anilines is 1. The van der Waals surface area contributed by atoms with E-state index in [1.807, 2.05) is 0 Å². The van der Waals surface area contributed by atoms with Crippen LogP contribution in [-0.4, -0.2) is 12.9 Å². The Labute approximate surface area is 324 Å². The first-order valence-electron chi connectivity index (χ1n) is 21.5. The van der Waals surface area contributed by atoms with Crippen molar-refractivity contribution in [1.29, 1.82) is 0 Å². The van der Waals surface area contributed by atoms with E-state index in [1.165, 1.54) is 120 Å². The molecular weight excluding hydrogens is 641 g/mol. The van der Waals surface area contributed by atoms with Crippen molar-refractivity contribution < 1.29 is 4.65 Å². The van der Waals surface area contributed by atoms with Gasteiger partial charge < -0.3 is 9.97 Å². The lowest BCUT2D eigenvalue weighted by atomic mass is 9.43. The van der Waals surface area contributed by atoms with Crippen LogP contribution in [0.2, 0.25) is 5.82 Å². The molecule has 0 radical (unpaired) electrons. The summed E-state index contributed by atoms with van der Waals surface area (Å²) in [5, 5.41) is 4.56. The maximum Gasteiger partial charge on any atom is 0.319 e. The smallest absolute Gasteiger partial charge is 0.319 e. The van der Waals surface area contributed by atoms with Crippen LogP contribution < -0.4 is 5.32 Å². The predicted molar refractivity (Wildman–Crippen MR) is 231 cm³/mol. The van der Waals surface area contributed by atoms with E-state index >= 15 is 0 Å². The van der Waals surface area contributed by atoms with Gasteiger partial charge in [0, 0.05) is 22.8 Å². The van der Waals surface area contributed by atoms with Crippen molar-refractivity contribution in [3.63, 3.8) is 0 Å². The molecule has 282 valence electrons. The van der Waals surface area contributed by atoms with E-state index in [4.69, 9.17) is 4.65 Å². The molecule has 0 aromatic heterocycles. The maximum absolute atomic E-state index is 7.33. The standard InChI is InChI=1S/C50H68BNO/c1-34(2)41-27-18-28-42(35(3)4)47(41)45-31-20-32-46(48-43(36(5)6)29-19-30-44(48)37(7)8)49(45)52-50(39-23-14-10-15-24-39)51(40-25-16-11-17-26-40)53-33-38-21-12-9-13-22-38/h9,12-13,18-22,27-32,34-37,39-40,50,52H,10-11,14-17,23-26,33H2,1-8H3. The van der Waals surface area contributed by atoms with Crippen molar-refractivity contribution in [2.45, 2.75) is 162 Å². The third-order valence-electron chi connectivity index (χ3n) is 12.6. The van der Waals surface area contributed by atoms with Crippen LogP contribution in [0.3, 0.4) is 0 Å². The van der Waals surface area contributed by atoms with E-state index in [-0.39, 0.29) is 12.9 Å². The van der Waals surface area contributed by atoms with E-state index in [0.717, 1.165) is 0 Å². The van der Waals surface area contributed by atoms with E-state index < -0.39 is 0 Å². The summed E-state index contributed by atoms with van der Waals surface area (Å²) in [6.07, 6.45) is 13.0. The largest absolute Gasteiger partial charge is 0.429 e. The van der Waals surface area contributed by atoms with E-state index in [2.05, 4.69) is 146 Å². The zero-order valence-corrected chi connectivity index (χ0v) is 34.4. The first kappa shape index (κ1) is 39.4.